The highest BCUT2D eigenvalue weighted by molar-refractivity contribution is 5.95. The first-order valence-electron chi connectivity index (χ1n) is 4.02. The van der Waals surface area contributed by atoms with Gasteiger partial charge in [-0.15, -0.1) is 0 Å². The number of amidine groups is 1. The number of halogens is 2. The predicted molar refractivity (Wildman–Crippen MR) is 48.5 cm³/mol. The van der Waals surface area contributed by atoms with E-state index in [0.29, 0.717) is 0 Å². The molecule has 0 amide bonds. The molecule has 0 aliphatic carbocycles. The van der Waals surface area contributed by atoms with Gasteiger partial charge in [0.1, 0.15) is 5.84 Å². The third kappa shape index (κ3) is 1.99. The van der Waals surface area contributed by atoms with Crippen LogP contribution in [-0.4, -0.2) is 12.4 Å². The molecule has 0 saturated heterocycles. The summed E-state index contributed by atoms with van der Waals surface area (Å²) in [5.74, 6) is -2.52. The van der Waals surface area contributed by atoms with E-state index < -0.39 is 17.4 Å². The van der Waals surface area contributed by atoms with Crippen molar-refractivity contribution in [1.29, 1.82) is 5.41 Å². The van der Waals surface area contributed by atoms with E-state index in [1.165, 1.54) is 0 Å². The molecule has 3 nitrogen and oxygen atoms in total. The van der Waals surface area contributed by atoms with Gasteiger partial charge in [0.2, 0.25) is 0 Å². The molecule has 76 valence electrons. The van der Waals surface area contributed by atoms with Crippen LogP contribution in [0.25, 0.3) is 0 Å². The first-order chi connectivity index (χ1) is 6.56. The molecule has 1 rings (SSSR count). The van der Waals surface area contributed by atoms with Gasteiger partial charge in [0.15, 0.2) is 17.4 Å². The Morgan fingerprint density at radius 3 is 2.29 bits per heavy atom. The van der Waals surface area contributed by atoms with Crippen molar-refractivity contribution < 1.29 is 13.5 Å². The van der Waals surface area contributed by atoms with Crippen molar-refractivity contribution in [3.05, 3.63) is 29.3 Å². The second-order valence-corrected chi connectivity index (χ2v) is 2.62. The minimum Gasteiger partial charge on any atom is -0.488 e. The van der Waals surface area contributed by atoms with Gasteiger partial charge in [-0.3, -0.25) is 5.41 Å². The average Bonchev–Trinajstić information content (AvgIpc) is 2.10. The molecule has 0 radical (unpaired) electrons. The monoisotopic (exact) mass is 200 g/mol. The summed E-state index contributed by atoms with van der Waals surface area (Å²) in [6.45, 7) is 1.80. The fraction of sp³-hybridized carbons (Fsp3) is 0.222. The number of hydrogen-bond acceptors (Lipinski definition) is 2. The van der Waals surface area contributed by atoms with E-state index >= 15 is 0 Å². The van der Waals surface area contributed by atoms with Gasteiger partial charge in [0.05, 0.1) is 6.61 Å². The van der Waals surface area contributed by atoms with Crippen molar-refractivity contribution in [2.45, 2.75) is 6.92 Å². The van der Waals surface area contributed by atoms with Gasteiger partial charge in [-0.2, -0.15) is 0 Å². The number of rotatable bonds is 3. The highest BCUT2D eigenvalue weighted by atomic mass is 19.1. The number of benzene rings is 1. The number of nitrogens with two attached hydrogens (primary N) is 1. The third-order valence-electron chi connectivity index (χ3n) is 1.60. The Morgan fingerprint density at radius 1 is 1.43 bits per heavy atom. The maximum atomic E-state index is 13.1. The summed E-state index contributed by atoms with van der Waals surface area (Å²) in [6.07, 6.45) is 0. The molecule has 5 heteroatoms. The maximum absolute atomic E-state index is 13.1. The molecule has 0 aliphatic heterocycles. The Morgan fingerprint density at radius 2 is 1.93 bits per heavy atom. The van der Waals surface area contributed by atoms with Crippen LogP contribution < -0.4 is 10.5 Å². The molecular weight excluding hydrogens is 190 g/mol. The molecule has 0 aromatic heterocycles. The lowest BCUT2D eigenvalue weighted by molar-refractivity contribution is 0.302. The van der Waals surface area contributed by atoms with Crippen molar-refractivity contribution in [2.75, 3.05) is 6.61 Å². The highest BCUT2D eigenvalue weighted by Gasteiger charge is 2.12. The molecule has 0 atom stereocenters. The number of ether oxygens (including phenoxy) is 1. The van der Waals surface area contributed by atoms with E-state index in [1.54, 1.807) is 6.92 Å². The van der Waals surface area contributed by atoms with E-state index in [1.807, 2.05) is 0 Å². The molecule has 14 heavy (non-hydrogen) atoms. The third-order valence-corrected chi connectivity index (χ3v) is 1.60. The normalized spacial score (nSPS) is 9.93. The lowest BCUT2D eigenvalue weighted by Gasteiger charge is -2.07. The fourth-order valence-electron chi connectivity index (χ4n) is 0.998. The van der Waals surface area contributed by atoms with Crippen LogP contribution in [0, 0.1) is 17.0 Å². The minimum atomic E-state index is -0.850. The molecule has 1 aromatic rings. The molecule has 0 heterocycles. The second kappa shape index (κ2) is 4.04. The summed E-state index contributed by atoms with van der Waals surface area (Å²) in [4.78, 5) is 0. The van der Waals surface area contributed by atoms with Crippen LogP contribution in [0.1, 0.15) is 12.5 Å². The Balaban J connectivity index is 3.18. The van der Waals surface area contributed by atoms with Crippen LogP contribution in [-0.2, 0) is 0 Å². The predicted octanol–water partition coefficient (Wildman–Crippen LogP) is 1.65. The summed E-state index contributed by atoms with van der Waals surface area (Å²) in [7, 11) is 0. The van der Waals surface area contributed by atoms with Crippen molar-refractivity contribution in [2.24, 2.45) is 5.73 Å². The average molecular weight is 200 g/mol. The summed E-state index contributed by atoms with van der Waals surface area (Å²) >= 11 is 0. The van der Waals surface area contributed by atoms with E-state index in [4.69, 9.17) is 15.9 Å². The van der Waals surface area contributed by atoms with Crippen LogP contribution in [0.2, 0.25) is 0 Å². The number of nitrogens with one attached hydrogen (secondary N) is 1. The van der Waals surface area contributed by atoms with Gasteiger partial charge in [0.25, 0.3) is 0 Å². The molecular formula is C9H10F2N2O. The SMILES string of the molecule is CCOc1c(F)cc(C(=N)N)cc1F. The Bertz CT molecular complexity index is 343. The summed E-state index contributed by atoms with van der Waals surface area (Å²) in [5.41, 5.74) is 5.09. The summed E-state index contributed by atoms with van der Waals surface area (Å²) in [6, 6.07) is 1.94. The molecule has 0 unspecified atom stereocenters. The van der Waals surface area contributed by atoms with Crippen molar-refractivity contribution >= 4 is 5.84 Å². The topological polar surface area (TPSA) is 59.1 Å². The maximum Gasteiger partial charge on any atom is 0.190 e. The first kappa shape index (κ1) is 10.4. The van der Waals surface area contributed by atoms with Crippen molar-refractivity contribution in [1.82, 2.24) is 0 Å². The molecule has 0 spiro atoms. The molecule has 0 bridgehead atoms. The Labute approximate surface area is 80.0 Å². The molecule has 0 aliphatic rings. The van der Waals surface area contributed by atoms with E-state index in [9.17, 15) is 8.78 Å². The largest absolute Gasteiger partial charge is 0.488 e. The quantitative estimate of drug-likeness (QED) is 0.575. The van der Waals surface area contributed by atoms with Gasteiger partial charge in [-0.05, 0) is 19.1 Å². The van der Waals surface area contributed by atoms with Crippen LogP contribution in [0.5, 0.6) is 5.75 Å². The van der Waals surface area contributed by atoms with E-state index in [0.717, 1.165) is 12.1 Å². The molecule has 0 fully saturated rings. The fourth-order valence-corrected chi connectivity index (χ4v) is 0.998. The lowest BCUT2D eigenvalue weighted by atomic mass is 10.2. The Hall–Kier alpha value is -1.65. The zero-order valence-electron chi connectivity index (χ0n) is 7.60. The zero-order valence-corrected chi connectivity index (χ0v) is 7.60. The van der Waals surface area contributed by atoms with Gasteiger partial charge < -0.3 is 10.5 Å². The standard InChI is InChI=1S/C9H10F2N2O/c1-2-14-8-6(10)3-5(9(12)13)4-7(8)11/h3-4H,2H2,1H3,(H3,12,13). The van der Waals surface area contributed by atoms with Crippen LogP contribution in [0.15, 0.2) is 12.1 Å². The lowest BCUT2D eigenvalue weighted by Crippen LogP contribution is -2.12. The van der Waals surface area contributed by atoms with Crippen molar-refractivity contribution in [3.8, 4) is 5.75 Å². The number of hydrogen-bond donors (Lipinski definition) is 2. The molecule has 3 N–H and O–H groups in total. The van der Waals surface area contributed by atoms with E-state index in [-0.39, 0.29) is 18.0 Å². The van der Waals surface area contributed by atoms with Gasteiger partial charge in [-0.25, -0.2) is 8.78 Å². The molecule has 0 saturated carbocycles. The Kier molecular flexibility index (Phi) is 3.01. The van der Waals surface area contributed by atoms with Crippen LogP contribution in [0.4, 0.5) is 8.78 Å². The van der Waals surface area contributed by atoms with Gasteiger partial charge in [-0.1, -0.05) is 0 Å². The van der Waals surface area contributed by atoms with Gasteiger partial charge in [0, 0.05) is 5.56 Å². The highest BCUT2D eigenvalue weighted by Crippen LogP contribution is 2.22. The summed E-state index contributed by atoms with van der Waals surface area (Å²) in [5, 5.41) is 7.00. The second-order valence-electron chi connectivity index (χ2n) is 2.62. The van der Waals surface area contributed by atoms with E-state index in [2.05, 4.69) is 0 Å². The van der Waals surface area contributed by atoms with Crippen LogP contribution in [0.3, 0.4) is 0 Å². The van der Waals surface area contributed by atoms with Crippen molar-refractivity contribution in [3.63, 3.8) is 0 Å². The summed E-state index contributed by atoms with van der Waals surface area (Å²) < 4.78 is 31.0. The first-order valence-corrected chi connectivity index (χ1v) is 4.02. The minimum absolute atomic E-state index is 0.00320. The number of nitrogen functional groups attached to an aromatic ring is 1. The molecule has 1 aromatic carbocycles. The zero-order chi connectivity index (χ0) is 10.7. The van der Waals surface area contributed by atoms with Gasteiger partial charge >= 0.3 is 0 Å². The smallest absolute Gasteiger partial charge is 0.190 e. The van der Waals surface area contributed by atoms with Crippen LogP contribution >= 0.6 is 0 Å².